The highest BCUT2D eigenvalue weighted by Gasteiger charge is 2.17. The van der Waals surface area contributed by atoms with E-state index in [1.54, 1.807) is 50.7 Å². The van der Waals surface area contributed by atoms with E-state index in [9.17, 15) is 8.42 Å². The Morgan fingerprint density at radius 1 is 0.719 bits per heavy atom. The normalized spacial score (nSPS) is 11.7. The van der Waals surface area contributed by atoms with E-state index in [2.05, 4.69) is 4.98 Å². The Kier molecular flexibility index (Phi) is 4.83. The van der Waals surface area contributed by atoms with Crippen molar-refractivity contribution >= 4 is 42.6 Å². The van der Waals surface area contributed by atoms with Crippen molar-refractivity contribution in [1.29, 1.82) is 0 Å². The van der Waals surface area contributed by atoms with Gasteiger partial charge in [-0.3, -0.25) is 4.98 Å². The number of ether oxygens (including phenoxy) is 2. The summed E-state index contributed by atoms with van der Waals surface area (Å²) in [5.41, 5.74) is 0.741. The summed E-state index contributed by atoms with van der Waals surface area (Å²) >= 11 is 0. The van der Waals surface area contributed by atoms with Crippen molar-refractivity contribution in [2.75, 3.05) is 14.2 Å². The highest BCUT2D eigenvalue weighted by atomic mass is 32.2. The molecule has 6 nitrogen and oxygen atoms in total. The lowest BCUT2D eigenvalue weighted by Gasteiger charge is -2.12. The van der Waals surface area contributed by atoms with E-state index >= 15 is 0 Å². The second kappa shape index (κ2) is 7.69. The molecule has 7 heteroatoms. The molecule has 32 heavy (non-hydrogen) atoms. The van der Waals surface area contributed by atoms with Crippen LogP contribution in [0.5, 0.6) is 17.2 Å². The minimum absolute atomic E-state index is 0.100. The fraction of sp³-hybridized carbons (Fsp3) is 0.0800. The minimum atomic E-state index is -3.94. The predicted molar refractivity (Wildman–Crippen MR) is 124 cm³/mol. The van der Waals surface area contributed by atoms with E-state index in [0.29, 0.717) is 11.5 Å². The minimum Gasteiger partial charge on any atom is -0.493 e. The average molecular weight is 445 g/mol. The molecule has 1 heterocycles. The Bertz CT molecular complexity index is 1580. The molecule has 0 unspecified atom stereocenters. The number of benzene rings is 4. The summed E-state index contributed by atoms with van der Waals surface area (Å²) in [6.45, 7) is 0. The molecule has 0 bridgehead atoms. The van der Waals surface area contributed by atoms with E-state index in [-0.39, 0.29) is 10.6 Å². The van der Waals surface area contributed by atoms with Gasteiger partial charge in [-0.2, -0.15) is 8.42 Å². The van der Waals surface area contributed by atoms with Gasteiger partial charge in [-0.1, -0.05) is 36.4 Å². The first-order valence-corrected chi connectivity index (χ1v) is 11.3. The third-order valence-corrected chi connectivity index (χ3v) is 6.64. The monoisotopic (exact) mass is 445 g/mol. The van der Waals surface area contributed by atoms with Gasteiger partial charge in [-0.05, 0) is 47.2 Å². The molecule has 160 valence electrons. The molecule has 4 aromatic carbocycles. The molecule has 0 fully saturated rings. The van der Waals surface area contributed by atoms with Crippen molar-refractivity contribution in [2.45, 2.75) is 4.90 Å². The first kappa shape index (κ1) is 20.1. The maximum atomic E-state index is 12.6. The molecule has 0 aliphatic rings. The van der Waals surface area contributed by atoms with Crippen LogP contribution in [0.1, 0.15) is 0 Å². The summed E-state index contributed by atoms with van der Waals surface area (Å²) < 4.78 is 41.6. The molecule has 0 N–H and O–H groups in total. The Balaban J connectivity index is 1.68. The van der Waals surface area contributed by atoms with E-state index in [1.165, 1.54) is 12.1 Å². The lowest BCUT2D eigenvalue weighted by atomic mass is 10.0. The summed E-state index contributed by atoms with van der Waals surface area (Å²) in [5, 5.41) is 4.50. The van der Waals surface area contributed by atoms with Crippen LogP contribution in [0.3, 0.4) is 0 Å². The summed E-state index contributed by atoms with van der Waals surface area (Å²) in [4.78, 5) is 4.76. The van der Waals surface area contributed by atoms with Gasteiger partial charge in [-0.15, -0.1) is 0 Å². The van der Waals surface area contributed by atoms with Crippen LogP contribution in [-0.2, 0) is 10.1 Å². The van der Waals surface area contributed by atoms with Gasteiger partial charge in [0.15, 0.2) is 11.5 Å². The van der Waals surface area contributed by atoms with Crippen molar-refractivity contribution in [2.24, 2.45) is 0 Å². The van der Waals surface area contributed by atoms with Crippen LogP contribution in [0.15, 0.2) is 83.9 Å². The largest absolute Gasteiger partial charge is 0.493 e. The maximum absolute atomic E-state index is 12.6. The number of hydrogen-bond acceptors (Lipinski definition) is 6. The number of methoxy groups -OCH3 is 2. The molecule has 0 spiro atoms. The smallest absolute Gasteiger partial charge is 0.339 e. The van der Waals surface area contributed by atoms with Gasteiger partial charge in [0, 0.05) is 22.4 Å². The lowest BCUT2D eigenvalue weighted by molar-refractivity contribution is 0.356. The van der Waals surface area contributed by atoms with E-state index in [1.807, 2.05) is 30.3 Å². The molecule has 5 aromatic rings. The molecule has 0 amide bonds. The Morgan fingerprint density at radius 3 is 2.19 bits per heavy atom. The van der Waals surface area contributed by atoms with Gasteiger partial charge < -0.3 is 13.7 Å². The Hall–Kier alpha value is -3.84. The van der Waals surface area contributed by atoms with Gasteiger partial charge in [0.1, 0.15) is 10.6 Å². The van der Waals surface area contributed by atoms with Gasteiger partial charge in [-0.25, -0.2) is 0 Å². The zero-order valence-electron chi connectivity index (χ0n) is 17.4. The van der Waals surface area contributed by atoms with Gasteiger partial charge >= 0.3 is 10.1 Å². The third kappa shape index (κ3) is 3.36. The summed E-state index contributed by atoms with van der Waals surface area (Å²) in [6, 6.07) is 21.0. The number of nitrogens with zero attached hydrogens (tertiary/aromatic N) is 1. The second-order valence-corrected chi connectivity index (χ2v) is 8.79. The standard InChI is InChI=1S/C25H19NO5S/c1-29-23-12-17-15-26-25-20(21(17)14-24(23)30-2)11-9-16-8-10-18(13-22(16)25)31-32(27,28)19-6-4-3-5-7-19/h3-15H,1-2H3. The van der Waals surface area contributed by atoms with Crippen molar-refractivity contribution in [3.05, 3.63) is 79.0 Å². The van der Waals surface area contributed by atoms with Crippen LogP contribution >= 0.6 is 0 Å². The zero-order chi connectivity index (χ0) is 22.3. The molecule has 5 rings (SSSR count). The zero-order valence-corrected chi connectivity index (χ0v) is 18.2. The molecule has 0 atom stereocenters. The molecule has 0 aliphatic heterocycles. The first-order chi connectivity index (χ1) is 15.5. The van der Waals surface area contributed by atoms with E-state index < -0.39 is 10.1 Å². The molecular weight excluding hydrogens is 426 g/mol. The van der Waals surface area contributed by atoms with Crippen LogP contribution < -0.4 is 13.7 Å². The highest BCUT2D eigenvalue weighted by Crippen LogP contribution is 2.37. The van der Waals surface area contributed by atoms with Crippen LogP contribution in [0.2, 0.25) is 0 Å². The predicted octanol–water partition coefficient (Wildman–Crippen LogP) is 5.33. The molecular formula is C25H19NO5S. The summed E-state index contributed by atoms with van der Waals surface area (Å²) in [7, 11) is -0.747. The Labute approximate surface area is 185 Å². The number of rotatable bonds is 5. The number of aromatic nitrogens is 1. The quantitative estimate of drug-likeness (QED) is 0.269. The number of pyridine rings is 1. The van der Waals surface area contributed by atoms with Crippen LogP contribution in [-0.4, -0.2) is 27.6 Å². The van der Waals surface area contributed by atoms with Crippen LogP contribution in [0.4, 0.5) is 0 Å². The van der Waals surface area contributed by atoms with E-state index in [0.717, 1.165) is 32.4 Å². The average Bonchev–Trinajstić information content (AvgIpc) is 2.83. The first-order valence-electron chi connectivity index (χ1n) is 9.87. The van der Waals surface area contributed by atoms with Crippen molar-refractivity contribution < 1.29 is 22.1 Å². The fourth-order valence-corrected chi connectivity index (χ4v) is 4.77. The molecule has 0 saturated heterocycles. The van der Waals surface area contributed by atoms with Crippen LogP contribution in [0.25, 0.3) is 32.4 Å². The molecule has 0 saturated carbocycles. The Morgan fingerprint density at radius 2 is 1.44 bits per heavy atom. The SMILES string of the molecule is COc1cc2cnc3c4cc(OS(=O)(=O)c5ccccc5)ccc4ccc3c2cc1OC. The van der Waals surface area contributed by atoms with Gasteiger partial charge in [0.05, 0.1) is 19.7 Å². The number of fused-ring (bicyclic) bond motifs is 5. The highest BCUT2D eigenvalue weighted by molar-refractivity contribution is 7.87. The lowest BCUT2D eigenvalue weighted by Crippen LogP contribution is -2.09. The summed E-state index contributed by atoms with van der Waals surface area (Å²) in [5.74, 6) is 1.48. The molecule has 0 radical (unpaired) electrons. The van der Waals surface area contributed by atoms with Gasteiger partial charge in [0.2, 0.25) is 0 Å². The molecule has 1 aromatic heterocycles. The van der Waals surface area contributed by atoms with Crippen molar-refractivity contribution in [3.8, 4) is 17.2 Å². The van der Waals surface area contributed by atoms with Gasteiger partial charge in [0.25, 0.3) is 0 Å². The third-order valence-electron chi connectivity index (χ3n) is 5.38. The number of hydrogen-bond donors (Lipinski definition) is 0. The van der Waals surface area contributed by atoms with Crippen molar-refractivity contribution in [1.82, 2.24) is 4.98 Å². The second-order valence-electron chi connectivity index (χ2n) is 7.25. The van der Waals surface area contributed by atoms with E-state index in [4.69, 9.17) is 13.7 Å². The summed E-state index contributed by atoms with van der Waals surface area (Å²) in [6.07, 6.45) is 1.77. The molecule has 0 aliphatic carbocycles. The topological polar surface area (TPSA) is 74.7 Å². The van der Waals surface area contributed by atoms with Crippen molar-refractivity contribution in [3.63, 3.8) is 0 Å². The van der Waals surface area contributed by atoms with Crippen LogP contribution in [0, 0.1) is 0 Å². The maximum Gasteiger partial charge on any atom is 0.339 e. The fourth-order valence-electron chi connectivity index (χ4n) is 3.82.